The molecule has 0 saturated heterocycles. The van der Waals surface area contributed by atoms with Crippen LogP contribution in [0.4, 0.5) is 13.2 Å². The van der Waals surface area contributed by atoms with Crippen molar-refractivity contribution in [2.75, 3.05) is 0 Å². The summed E-state index contributed by atoms with van der Waals surface area (Å²) in [4.78, 5) is 37.0. The Hall–Kier alpha value is -5.73. The number of fused-ring (bicyclic) bond motifs is 3. The van der Waals surface area contributed by atoms with Gasteiger partial charge >= 0.3 is 13.1 Å². The number of hydrogen-bond acceptors (Lipinski definition) is 4. The Labute approximate surface area is 371 Å². The molecule has 0 atom stereocenters. The van der Waals surface area contributed by atoms with Crippen molar-refractivity contribution in [3.05, 3.63) is 194 Å². The van der Waals surface area contributed by atoms with E-state index in [0.29, 0.717) is 32.9 Å². The molecule has 0 bridgehead atoms. The molecule has 3 aliphatic rings. The lowest BCUT2D eigenvalue weighted by Crippen LogP contribution is -2.24. The summed E-state index contributed by atoms with van der Waals surface area (Å²) in [5.74, 6) is -0.126. The monoisotopic (exact) mass is 842 g/mol. The van der Waals surface area contributed by atoms with Crippen LogP contribution in [0.15, 0.2) is 127 Å². The van der Waals surface area contributed by atoms with Crippen LogP contribution in [0.5, 0.6) is 0 Å². The van der Waals surface area contributed by atoms with Crippen LogP contribution in [0.1, 0.15) is 81.1 Å². The second-order valence-corrected chi connectivity index (χ2v) is 17.5. The fraction of sp³-hybridized carbons (Fsp3) is 0.264. The maximum Gasteiger partial charge on any atom is 0.417 e. The third-order valence-corrected chi connectivity index (χ3v) is 12.7. The van der Waals surface area contributed by atoms with Gasteiger partial charge in [-0.1, -0.05) is 182 Å². The minimum atomic E-state index is -4.52. The van der Waals surface area contributed by atoms with E-state index in [0.717, 1.165) is 52.2 Å². The number of carbonyl (C=O) groups excluding carboxylic acids is 3. The van der Waals surface area contributed by atoms with E-state index in [9.17, 15) is 27.6 Å². The highest BCUT2D eigenvalue weighted by Gasteiger charge is 2.35. The number of carbonyl (C=O) groups is 3. The van der Waals surface area contributed by atoms with E-state index in [2.05, 4.69) is 50.8 Å². The van der Waals surface area contributed by atoms with Crippen molar-refractivity contribution >= 4 is 54.1 Å². The van der Waals surface area contributed by atoms with E-state index < -0.39 is 17.5 Å². The molecule has 3 aliphatic heterocycles. The van der Waals surface area contributed by atoms with E-state index >= 15 is 0 Å². The molecule has 0 unspecified atom stereocenters. The Morgan fingerprint density at radius 2 is 1.06 bits per heavy atom. The van der Waals surface area contributed by atoms with Gasteiger partial charge in [0.05, 0.1) is 12.2 Å². The molecular formula is C53H52B3F3O4. The number of ketones is 3. The fourth-order valence-corrected chi connectivity index (χ4v) is 8.89. The van der Waals surface area contributed by atoms with Crippen LogP contribution in [0.2, 0.25) is 33.1 Å². The molecule has 0 aromatic heterocycles. The molecule has 4 nitrogen and oxygen atoms in total. The van der Waals surface area contributed by atoms with Gasteiger partial charge in [-0.2, -0.15) is 13.2 Å². The molecule has 0 aliphatic carbocycles. The van der Waals surface area contributed by atoms with Crippen molar-refractivity contribution in [1.82, 2.24) is 0 Å². The Kier molecular flexibility index (Phi) is 14.2. The van der Waals surface area contributed by atoms with Crippen molar-refractivity contribution in [2.24, 2.45) is 0 Å². The van der Waals surface area contributed by atoms with Gasteiger partial charge in [0.2, 0.25) is 0 Å². The molecule has 0 fully saturated rings. The molecule has 3 heterocycles. The van der Waals surface area contributed by atoms with E-state index in [1.54, 1.807) is 0 Å². The molecule has 318 valence electrons. The Morgan fingerprint density at radius 3 is 1.63 bits per heavy atom. The normalized spacial score (nSPS) is 13.6. The quantitative estimate of drug-likeness (QED) is 0.108. The molecule has 0 radical (unpaired) electrons. The van der Waals surface area contributed by atoms with Gasteiger partial charge in [-0.15, -0.1) is 0 Å². The lowest BCUT2D eigenvalue weighted by atomic mass is 9.48. The van der Waals surface area contributed by atoms with Gasteiger partial charge in [0.15, 0.2) is 30.8 Å². The van der Waals surface area contributed by atoms with Gasteiger partial charge in [0, 0.05) is 36.0 Å². The lowest BCUT2D eigenvalue weighted by molar-refractivity contribution is -0.137. The maximum atomic E-state index is 13.0. The van der Waals surface area contributed by atoms with Crippen LogP contribution < -0.4 is 16.4 Å². The highest BCUT2D eigenvalue weighted by Crippen LogP contribution is 2.32. The van der Waals surface area contributed by atoms with Crippen molar-refractivity contribution < 1.29 is 32.2 Å². The topological polar surface area (TPSA) is 60.4 Å². The molecule has 0 N–H and O–H groups in total. The summed E-state index contributed by atoms with van der Waals surface area (Å²) >= 11 is 0. The first-order valence-corrected chi connectivity index (χ1v) is 22.0. The molecule has 6 aromatic carbocycles. The van der Waals surface area contributed by atoms with E-state index in [4.69, 9.17) is 4.65 Å². The first-order chi connectivity index (χ1) is 30.1. The summed E-state index contributed by atoms with van der Waals surface area (Å²) in [5, 5.41) is 0. The minimum absolute atomic E-state index is 0.00685. The Balaban J connectivity index is 0.000000142. The average molecular weight is 842 g/mol. The van der Waals surface area contributed by atoms with Crippen LogP contribution in [-0.4, -0.2) is 37.7 Å². The zero-order valence-corrected chi connectivity index (χ0v) is 36.8. The van der Waals surface area contributed by atoms with Crippen LogP contribution >= 0.6 is 0 Å². The number of rotatable bonds is 9. The number of halogens is 3. The lowest BCUT2D eigenvalue weighted by Gasteiger charge is -2.12. The molecule has 10 heteroatoms. The summed E-state index contributed by atoms with van der Waals surface area (Å²) in [7, 11) is 0. The smallest absolute Gasteiger partial charge is 0.417 e. The van der Waals surface area contributed by atoms with Crippen LogP contribution in [0.25, 0.3) is 0 Å². The zero-order valence-electron chi connectivity index (χ0n) is 36.8. The number of aryl methyl sites for hydroxylation is 4. The van der Waals surface area contributed by atoms with Crippen molar-refractivity contribution in [3.63, 3.8) is 0 Å². The van der Waals surface area contributed by atoms with E-state index in [-0.39, 0.29) is 30.5 Å². The predicted octanol–water partition coefficient (Wildman–Crippen LogP) is 10.1. The number of Topliss-reactive ketones (excluding diaryl/α,β-unsaturated/α-hetero) is 3. The molecule has 0 spiro atoms. The SMILES string of the molecule is CB1CCc2ccc(CC(=O)c3ccc(C)cc3)cc21.CB1CCc2ccc(CC(=O)c3ccccc3C(F)(F)F)cc21.CB1OCc2ccc(CC(=O)c3cccc(C)c3)cc21. The highest BCUT2D eigenvalue weighted by atomic mass is 19.4. The van der Waals surface area contributed by atoms with Crippen molar-refractivity contribution in [2.45, 2.75) is 91.8 Å². The summed E-state index contributed by atoms with van der Waals surface area (Å²) < 4.78 is 44.7. The van der Waals surface area contributed by atoms with E-state index in [1.807, 2.05) is 86.6 Å². The molecular weight excluding hydrogens is 790 g/mol. The highest BCUT2D eigenvalue weighted by molar-refractivity contribution is 6.74. The fourth-order valence-electron chi connectivity index (χ4n) is 8.89. The Bertz CT molecular complexity index is 2640. The second-order valence-electron chi connectivity index (χ2n) is 17.5. The number of benzene rings is 6. The molecule has 0 saturated carbocycles. The van der Waals surface area contributed by atoms with E-state index in [1.165, 1.54) is 69.6 Å². The average Bonchev–Trinajstić information content (AvgIpc) is 3.96. The minimum Gasteiger partial charge on any atom is -0.427 e. The van der Waals surface area contributed by atoms with Crippen molar-refractivity contribution in [3.8, 4) is 0 Å². The van der Waals surface area contributed by atoms with Crippen LogP contribution in [0, 0.1) is 13.8 Å². The summed E-state index contributed by atoms with van der Waals surface area (Å²) in [6, 6.07) is 39.2. The van der Waals surface area contributed by atoms with Crippen molar-refractivity contribution in [1.29, 1.82) is 0 Å². The second kappa shape index (κ2) is 19.8. The summed E-state index contributed by atoms with van der Waals surface area (Å²) in [6.07, 6.45) is 0.969. The number of hydrogen-bond donors (Lipinski definition) is 0. The number of alkyl halides is 3. The zero-order chi connectivity index (χ0) is 44.8. The molecule has 63 heavy (non-hydrogen) atoms. The van der Waals surface area contributed by atoms with Gasteiger partial charge < -0.3 is 4.65 Å². The summed E-state index contributed by atoms with van der Waals surface area (Å²) in [6.45, 7) is 12.4. The van der Waals surface area contributed by atoms with Crippen LogP contribution in [-0.2, 0) is 49.5 Å². The third kappa shape index (κ3) is 11.3. The first kappa shape index (κ1) is 45.3. The van der Waals surface area contributed by atoms with Crippen LogP contribution in [0.3, 0.4) is 0 Å². The van der Waals surface area contributed by atoms with Gasteiger partial charge in [0.25, 0.3) is 0 Å². The van der Waals surface area contributed by atoms with Gasteiger partial charge in [0.1, 0.15) is 0 Å². The molecule has 0 amide bonds. The van der Waals surface area contributed by atoms with Gasteiger partial charge in [-0.3, -0.25) is 14.4 Å². The largest absolute Gasteiger partial charge is 0.427 e. The molecule has 9 rings (SSSR count). The standard InChI is InChI=1S/C18H16BF3O.C18H19BO.C17H17BO2/c1-19-9-8-13-7-6-12(10-16(13)19)11-17(23)14-4-2-3-5-15(14)18(20,21)22;1-13-3-6-16(7-4-13)18(20)12-14-5-8-15-9-10-19(2)17(15)11-14;1-12-4-3-5-14(8-12)17(19)10-13-6-7-15-11-20-18(2)16(15)9-13/h2-7,10H,8-9,11H2,1H3;3-8,11H,9-10,12H2,1-2H3;3-9H,10-11H2,1-2H3. The maximum absolute atomic E-state index is 13.0. The predicted molar refractivity (Wildman–Crippen MR) is 253 cm³/mol. The third-order valence-electron chi connectivity index (χ3n) is 12.7. The van der Waals surface area contributed by atoms with Gasteiger partial charge in [-0.05, 0) is 66.5 Å². The van der Waals surface area contributed by atoms with Gasteiger partial charge in [-0.25, -0.2) is 0 Å². The summed E-state index contributed by atoms with van der Waals surface area (Å²) in [5.41, 5.74) is 13.6. The Morgan fingerprint density at radius 1 is 0.540 bits per heavy atom. The first-order valence-electron chi connectivity index (χ1n) is 22.0. The molecule has 6 aromatic rings.